The van der Waals surface area contributed by atoms with Gasteiger partial charge in [0, 0.05) is 13.6 Å². The molecule has 2 bridgehead atoms. The third-order valence-electron chi connectivity index (χ3n) is 6.00. The van der Waals surface area contributed by atoms with Gasteiger partial charge in [-0.3, -0.25) is 9.13 Å². The van der Waals surface area contributed by atoms with E-state index in [-0.39, 0.29) is 23.0 Å². The molecule has 6 nitrogen and oxygen atoms in total. The topological polar surface area (TPSA) is 72.9 Å². The molecule has 4 atom stereocenters. The van der Waals surface area contributed by atoms with Crippen molar-refractivity contribution in [2.75, 3.05) is 0 Å². The zero-order chi connectivity index (χ0) is 16.8. The molecule has 0 spiro atoms. The average molecular weight is 351 g/mol. The van der Waals surface area contributed by atoms with E-state index in [4.69, 9.17) is 11.6 Å². The van der Waals surface area contributed by atoms with Gasteiger partial charge in [0.1, 0.15) is 5.52 Å². The molecular weight excluding hydrogens is 328 g/mol. The molecule has 0 aromatic carbocycles. The first-order valence-corrected chi connectivity index (χ1v) is 9.18. The number of rotatable bonds is 3. The molecule has 4 unspecified atom stereocenters. The van der Waals surface area contributed by atoms with Gasteiger partial charge >= 0.3 is 5.69 Å². The lowest BCUT2D eigenvalue weighted by Gasteiger charge is -2.43. The molecule has 2 heterocycles. The Kier molecular flexibility index (Phi) is 4.12. The quantitative estimate of drug-likeness (QED) is 0.862. The third-order valence-corrected chi connectivity index (χ3v) is 6.19. The Balaban J connectivity index is 1.58. The molecule has 24 heavy (non-hydrogen) atoms. The van der Waals surface area contributed by atoms with E-state index < -0.39 is 0 Å². The van der Waals surface area contributed by atoms with E-state index in [9.17, 15) is 9.90 Å². The Morgan fingerprint density at radius 2 is 2.21 bits per heavy atom. The number of aromatic nitrogens is 4. The number of imidazole rings is 1. The monoisotopic (exact) mass is 350 g/mol. The summed E-state index contributed by atoms with van der Waals surface area (Å²) in [5, 5.41) is 10.8. The Bertz CT molecular complexity index is 815. The lowest BCUT2D eigenvalue weighted by molar-refractivity contribution is -0.0299. The molecule has 2 aliphatic rings. The van der Waals surface area contributed by atoms with Crippen LogP contribution >= 0.6 is 11.6 Å². The molecule has 0 saturated heterocycles. The highest BCUT2D eigenvalue weighted by atomic mass is 35.5. The number of fused-ring (bicyclic) bond motifs is 3. The number of aryl methyl sites for hydroxylation is 2. The molecular formula is C17H23ClN4O2. The van der Waals surface area contributed by atoms with Crippen molar-refractivity contribution in [1.82, 2.24) is 19.1 Å². The third kappa shape index (κ3) is 2.65. The normalized spacial score (nSPS) is 30.0. The van der Waals surface area contributed by atoms with Crippen LogP contribution in [0.3, 0.4) is 0 Å². The summed E-state index contributed by atoms with van der Waals surface area (Å²) in [5.74, 6) is 1.47. The van der Waals surface area contributed by atoms with Crippen LogP contribution in [0.4, 0.5) is 0 Å². The molecule has 0 aliphatic heterocycles. The molecule has 2 fully saturated rings. The molecule has 1 N–H and O–H groups in total. The van der Waals surface area contributed by atoms with Gasteiger partial charge in [0.05, 0.1) is 12.3 Å². The van der Waals surface area contributed by atoms with Crippen molar-refractivity contribution in [3.8, 4) is 0 Å². The van der Waals surface area contributed by atoms with Crippen molar-refractivity contribution < 1.29 is 5.11 Å². The molecule has 7 heteroatoms. The minimum Gasteiger partial charge on any atom is -0.393 e. The highest BCUT2D eigenvalue weighted by Crippen LogP contribution is 2.43. The summed E-state index contributed by atoms with van der Waals surface area (Å²) in [6, 6.07) is 0. The average Bonchev–Trinajstić information content (AvgIpc) is 2.81. The molecule has 0 radical (unpaired) electrons. The summed E-state index contributed by atoms with van der Waals surface area (Å²) >= 11 is 5.90. The highest BCUT2D eigenvalue weighted by molar-refractivity contribution is 6.28. The van der Waals surface area contributed by atoms with Crippen molar-refractivity contribution in [2.45, 2.75) is 51.2 Å². The second-order valence-corrected chi connectivity index (χ2v) is 7.75. The first kappa shape index (κ1) is 16.1. The summed E-state index contributed by atoms with van der Waals surface area (Å²) in [6.45, 7) is 0.560. The van der Waals surface area contributed by atoms with Crippen molar-refractivity contribution in [1.29, 1.82) is 0 Å². The maximum atomic E-state index is 12.5. The van der Waals surface area contributed by atoms with Gasteiger partial charge in [-0.1, -0.05) is 12.8 Å². The zero-order valence-electron chi connectivity index (χ0n) is 13.9. The Labute approximate surface area is 145 Å². The van der Waals surface area contributed by atoms with Crippen molar-refractivity contribution in [2.24, 2.45) is 24.8 Å². The van der Waals surface area contributed by atoms with Gasteiger partial charge < -0.3 is 5.11 Å². The van der Waals surface area contributed by atoms with Gasteiger partial charge in [-0.05, 0) is 55.0 Å². The van der Waals surface area contributed by atoms with Gasteiger partial charge in [-0.15, -0.1) is 0 Å². The fourth-order valence-electron chi connectivity index (χ4n) is 4.75. The molecule has 2 aliphatic carbocycles. The Morgan fingerprint density at radius 3 is 3.04 bits per heavy atom. The van der Waals surface area contributed by atoms with Gasteiger partial charge in [-0.25, -0.2) is 9.78 Å². The fourth-order valence-corrected chi connectivity index (χ4v) is 4.88. The van der Waals surface area contributed by atoms with Gasteiger partial charge in [-0.2, -0.15) is 4.98 Å². The SMILES string of the molecule is Cn1c(=O)n(CCC2CC3CCCC(C3)C2O)c2nc(Cl)ncc21. The predicted molar refractivity (Wildman–Crippen MR) is 92.0 cm³/mol. The van der Waals surface area contributed by atoms with Gasteiger partial charge in [0.2, 0.25) is 5.28 Å². The zero-order valence-corrected chi connectivity index (χ0v) is 14.6. The maximum Gasteiger partial charge on any atom is 0.330 e. The molecule has 130 valence electrons. The van der Waals surface area contributed by atoms with Crippen LogP contribution in [0.2, 0.25) is 5.28 Å². The molecule has 2 aromatic rings. The standard InChI is InChI=1S/C17H23ClN4O2/c1-21-13-9-19-16(18)20-15(13)22(17(21)24)6-5-12-8-10-3-2-4-11(7-10)14(12)23/h9-12,14,23H,2-8H2,1H3. The van der Waals surface area contributed by atoms with E-state index in [0.717, 1.165) is 25.2 Å². The highest BCUT2D eigenvalue weighted by Gasteiger charge is 2.38. The summed E-state index contributed by atoms with van der Waals surface area (Å²) < 4.78 is 3.22. The fraction of sp³-hybridized carbons (Fsp3) is 0.706. The maximum absolute atomic E-state index is 12.5. The summed E-state index contributed by atoms with van der Waals surface area (Å²) in [6.07, 6.45) is 8.09. The van der Waals surface area contributed by atoms with E-state index >= 15 is 0 Å². The van der Waals surface area contributed by atoms with Gasteiger partial charge in [0.15, 0.2) is 5.65 Å². The van der Waals surface area contributed by atoms with Crippen molar-refractivity contribution in [3.05, 3.63) is 22.0 Å². The van der Waals surface area contributed by atoms with Crippen LogP contribution in [0, 0.1) is 17.8 Å². The molecule has 2 aromatic heterocycles. The van der Waals surface area contributed by atoms with Crippen molar-refractivity contribution >= 4 is 22.8 Å². The van der Waals surface area contributed by atoms with E-state index in [1.807, 2.05) is 0 Å². The molecule has 4 rings (SSSR count). The minimum atomic E-state index is -0.231. The van der Waals surface area contributed by atoms with Crippen LogP contribution in [0.25, 0.3) is 11.2 Å². The summed E-state index contributed by atoms with van der Waals surface area (Å²) in [4.78, 5) is 20.7. The first-order valence-electron chi connectivity index (χ1n) is 8.80. The van der Waals surface area contributed by atoms with Crippen LogP contribution < -0.4 is 5.69 Å². The number of nitrogens with zero attached hydrogens (tertiary/aromatic N) is 4. The van der Waals surface area contributed by atoms with E-state index in [0.29, 0.717) is 23.6 Å². The van der Waals surface area contributed by atoms with E-state index in [1.54, 1.807) is 22.4 Å². The number of hydrogen-bond acceptors (Lipinski definition) is 4. The van der Waals surface area contributed by atoms with Gasteiger partial charge in [0.25, 0.3) is 0 Å². The number of aliphatic hydroxyl groups is 1. The van der Waals surface area contributed by atoms with E-state index in [2.05, 4.69) is 9.97 Å². The lowest BCUT2D eigenvalue weighted by Crippen LogP contribution is -2.40. The predicted octanol–water partition coefficient (Wildman–Crippen LogP) is 2.36. The number of halogens is 1. The van der Waals surface area contributed by atoms with Crippen LogP contribution in [0.15, 0.2) is 11.0 Å². The number of aliphatic hydroxyl groups excluding tert-OH is 1. The van der Waals surface area contributed by atoms with Crippen LogP contribution in [0.5, 0.6) is 0 Å². The minimum absolute atomic E-state index is 0.105. The lowest BCUT2D eigenvalue weighted by atomic mass is 9.65. The molecule has 2 saturated carbocycles. The number of hydrogen-bond donors (Lipinski definition) is 1. The summed E-state index contributed by atoms with van der Waals surface area (Å²) in [7, 11) is 1.72. The largest absolute Gasteiger partial charge is 0.393 e. The smallest absolute Gasteiger partial charge is 0.330 e. The Morgan fingerprint density at radius 1 is 1.38 bits per heavy atom. The molecule has 0 amide bonds. The van der Waals surface area contributed by atoms with Crippen molar-refractivity contribution in [3.63, 3.8) is 0 Å². The second-order valence-electron chi connectivity index (χ2n) is 7.41. The van der Waals surface area contributed by atoms with E-state index in [1.165, 1.54) is 19.3 Å². The van der Waals surface area contributed by atoms with Crippen LogP contribution in [-0.2, 0) is 13.6 Å². The second kappa shape index (κ2) is 6.15. The Hall–Kier alpha value is -1.40. The van der Waals surface area contributed by atoms with Crippen LogP contribution in [0.1, 0.15) is 38.5 Å². The summed E-state index contributed by atoms with van der Waals surface area (Å²) in [5.41, 5.74) is 1.16. The first-order chi connectivity index (χ1) is 11.5. The van der Waals surface area contributed by atoms with Crippen LogP contribution in [-0.4, -0.2) is 30.3 Å².